The van der Waals surface area contributed by atoms with Crippen LogP contribution >= 0.6 is 0 Å². The molecule has 0 radical (unpaired) electrons. The van der Waals surface area contributed by atoms with Gasteiger partial charge in [0.05, 0.1) is 29.3 Å². The predicted octanol–water partition coefficient (Wildman–Crippen LogP) is 3.50. The van der Waals surface area contributed by atoms with Crippen molar-refractivity contribution in [2.24, 2.45) is 10.7 Å². The monoisotopic (exact) mass is 416 g/mol. The molecule has 0 fully saturated rings. The average molecular weight is 416 g/mol. The quantitative estimate of drug-likeness (QED) is 0.642. The number of allylic oxidation sites excluding steroid dienone is 2. The van der Waals surface area contributed by atoms with Crippen molar-refractivity contribution >= 4 is 29.0 Å². The highest BCUT2D eigenvalue weighted by Gasteiger charge is 2.22. The van der Waals surface area contributed by atoms with Crippen LogP contribution in [-0.4, -0.2) is 45.4 Å². The molecule has 0 spiro atoms. The van der Waals surface area contributed by atoms with Gasteiger partial charge in [-0.2, -0.15) is 5.10 Å². The lowest BCUT2D eigenvalue weighted by molar-refractivity contribution is 0.109. The van der Waals surface area contributed by atoms with Gasteiger partial charge in [-0.1, -0.05) is 30.3 Å². The number of nitrogens with zero attached hydrogens (tertiary/aromatic N) is 5. The molecule has 4 rings (SSSR count). The first-order valence-electron chi connectivity index (χ1n) is 10.1. The molecule has 0 bridgehead atoms. The maximum Gasteiger partial charge on any atom is 0.414 e. The number of aliphatic imine (C=N–C) groups is 1. The Morgan fingerprint density at radius 2 is 2.13 bits per heavy atom. The van der Waals surface area contributed by atoms with Crippen LogP contribution in [0.4, 0.5) is 4.79 Å². The van der Waals surface area contributed by atoms with E-state index in [0.717, 1.165) is 35.2 Å². The molecular formula is C23H24N6O2. The van der Waals surface area contributed by atoms with Gasteiger partial charge < -0.3 is 10.5 Å². The molecule has 1 aliphatic rings. The highest BCUT2D eigenvalue weighted by molar-refractivity contribution is 6.08. The van der Waals surface area contributed by atoms with Gasteiger partial charge in [-0.05, 0) is 30.0 Å². The third kappa shape index (κ3) is 4.48. The topological polar surface area (TPSA) is 98.1 Å². The smallest absolute Gasteiger partial charge is 0.414 e. The lowest BCUT2D eigenvalue weighted by Gasteiger charge is -2.24. The Labute approximate surface area is 180 Å². The van der Waals surface area contributed by atoms with Gasteiger partial charge in [0.2, 0.25) is 0 Å². The molecule has 1 aliphatic heterocycles. The molecule has 0 aliphatic carbocycles. The van der Waals surface area contributed by atoms with Gasteiger partial charge in [0, 0.05) is 37.8 Å². The Kier molecular flexibility index (Phi) is 6.07. The maximum atomic E-state index is 12.6. The maximum absolute atomic E-state index is 12.6. The van der Waals surface area contributed by atoms with Crippen molar-refractivity contribution in [3.05, 3.63) is 78.1 Å². The summed E-state index contributed by atoms with van der Waals surface area (Å²) in [5.41, 5.74) is 10.6. The molecule has 2 N–H and O–H groups in total. The number of ether oxygens (including phenoxy) is 1. The molecule has 0 atom stereocenters. The van der Waals surface area contributed by atoms with Crippen LogP contribution < -0.4 is 5.73 Å². The number of benzene rings is 1. The van der Waals surface area contributed by atoms with Crippen LogP contribution in [0.1, 0.15) is 29.8 Å². The molecule has 0 saturated carbocycles. The van der Waals surface area contributed by atoms with E-state index >= 15 is 0 Å². The van der Waals surface area contributed by atoms with E-state index in [4.69, 9.17) is 15.5 Å². The Hall–Kier alpha value is -3.94. The number of rotatable bonds is 5. The summed E-state index contributed by atoms with van der Waals surface area (Å²) < 4.78 is 7.26. The van der Waals surface area contributed by atoms with E-state index in [1.54, 1.807) is 28.9 Å². The Morgan fingerprint density at radius 1 is 1.29 bits per heavy atom. The number of nitrogens with two attached hydrogens (primary N) is 1. The fourth-order valence-electron chi connectivity index (χ4n) is 3.52. The molecule has 8 heteroatoms. The molecule has 0 unspecified atom stereocenters. The summed E-state index contributed by atoms with van der Waals surface area (Å²) in [7, 11) is 1.68. The predicted molar refractivity (Wildman–Crippen MR) is 120 cm³/mol. The summed E-state index contributed by atoms with van der Waals surface area (Å²) in [6, 6.07) is 11.5. The molecule has 0 saturated heterocycles. The van der Waals surface area contributed by atoms with Gasteiger partial charge in [0.1, 0.15) is 6.61 Å². The summed E-state index contributed by atoms with van der Waals surface area (Å²) >= 11 is 0. The van der Waals surface area contributed by atoms with E-state index < -0.39 is 0 Å². The van der Waals surface area contributed by atoms with E-state index in [1.165, 1.54) is 6.20 Å². The Bertz CT molecular complexity index is 1160. The van der Waals surface area contributed by atoms with Gasteiger partial charge in [-0.15, -0.1) is 0 Å². The summed E-state index contributed by atoms with van der Waals surface area (Å²) in [4.78, 5) is 23.1. The highest BCUT2D eigenvalue weighted by atomic mass is 16.6. The van der Waals surface area contributed by atoms with Gasteiger partial charge >= 0.3 is 6.09 Å². The second kappa shape index (κ2) is 9.25. The standard InChI is InChI=1S/C23H24N6O2/c1-25-13-19(12-24)20-15-29-21(9-10-26-29)22(27-20)18-8-5-11-28(14-18)23(30)31-16-17-6-3-2-4-7-17/h2-4,6-7,9-10,12-15H,5,8,11,16,24H2,1H3. The normalized spacial score (nSPS) is 14.8. The number of hydrogen-bond acceptors (Lipinski definition) is 6. The molecule has 3 aromatic rings. The van der Waals surface area contributed by atoms with E-state index in [-0.39, 0.29) is 12.7 Å². The zero-order valence-electron chi connectivity index (χ0n) is 17.3. The van der Waals surface area contributed by atoms with E-state index in [2.05, 4.69) is 10.1 Å². The number of carbonyl (C=O) groups is 1. The van der Waals surface area contributed by atoms with Crippen LogP contribution in [0.5, 0.6) is 0 Å². The molecule has 1 aromatic carbocycles. The Morgan fingerprint density at radius 3 is 2.90 bits per heavy atom. The van der Waals surface area contributed by atoms with Gasteiger partial charge in [0.15, 0.2) is 0 Å². The van der Waals surface area contributed by atoms with Crippen molar-refractivity contribution in [2.75, 3.05) is 13.6 Å². The lowest BCUT2D eigenvalue weighted by atomic mass is 10.0. The summed E-state index contributed by atoms with van der Waals surface area (Å²) in [6.45, 7) is 0.837. The number of fused-ring (bicyclic) bond motifs is 1. The first-order chi connectivity index (χ1) is 15.2. The van der Waals surface area contributed by atoms with E-state index in [1.807, 2.05) is 48.8 Å². The van der Waals surface area contributed by atoms with Crippen LogP contribution in [0.15, 0.2) is 66.2 Å². The lowest BCUT2D eigenvalue weighted by Crippen LogP contribution is -2.30. The molecule has 8 nitrogen and oxygen atoms in total. The fourth-order valence-corrected chi connectivity index (χ4v) is 3.52. The van der Waals surface area contributed by atoms with Gasteiger partial charge in [-0.25, -0.2) is 14.3 Å². The SMILES string of the molecule is CN=CC(=CN)c1cn2nccc2c(C2=CN(C(=O)OCc3ccccc3)CCC2)n1. The Balaban J connectivity index is 1.63. The third-order valence-corrected chi connectivity index (χ3v) is 5.03. The highest BCUT2D eigenvalue weighted by Crippen LogP contribution is 2.28. The first-order valence-corrected chi connectivity index (χ1v) is 10.1. The van der Waals surface area contributed by atoms with E-state index in [9.17, 15) is 4.79 Å². The van der Waals surface area contributed by atoms with Crippen molar-refractivity contribution < 1.29 is 9.53 Å². The number of aromatic nitrogens is 3. The average Bonchev–Trinajstić information content (AvgIpc) is 3.30. The summed E-state index contributed by atoms with van der Waals surface area (Å²) in [5.74, 6) is 0. The molecule has 1 amide bonds. The minimum absolute atomic E-state index is 0.237. The minimum atomic E-state index is -0.373. The van der Waals surface area contributed by atoms with Crippen LogP contribution in [-0.2, 0) is 11.3 Å². The first kappa shape index (κ1) is 20.3. The molecule has 31 heavy (non-hydrogen) atoms. The third-order valence-electron chi connectivity index (χ3n) is 5.03. The molecular weight excluding hydrogens is 392 g/mol. The number of amides is 1. The fraction of sp³-hybridized carbons (Fsp3) is 0.217. The van der Waals surface area contributed by atoms with Gasteiger partial charge in [-0.3, -0.25) is 9.89 Å². The zero-order chi connectivity index (χ0) is 21.6. The largest absolute Gasteiger partial charge is 0.444 e. The molecule has 3 heterocycles. The summed E-state index contributed by atoms with van der Waals surface area (Å²) in [5, 5.41) is 4.36. The van der Waals surface area contributed by atoms with Crippen LogP contribution in [0, 0.1) is 0 Å². The van der Waals surface area contributed by atoms with Crippen molar-refractivity contribution in [2.45, 2.75) is 19.4 Å². The number of carbonyl (C=O) groups excluding carboxylic acids is 1. The number of hydrogen-bond donors (Lipinski definition) is 1. The van der Waals surface area contributed by atoms with Crippen LogP contribution in [0.25, 0.3) is 16.7 Å². The zero-order valence-corrected chi connectivity index (χ0v) is 17.3. The minimum Gasteiger partial charge on any atom is -0.444 e. The van der Waals surface area contributed by atoms with Crippen molar-refractivity contribution in [1.29, 1.82) is 0 Å². The van der Waals surface area contributed by atoms with Crippen molar-refractivity contribution in [3.8, 4) is 0 Å². The van der Waals surface area contributed by atoms with Crippen molar-refractivity contribution in [1.82, 2.24) is 19.5 Å². The van der Waals surface area contributed by atoms with Crippen molar-refractivity contribution in [3.63, 3.8) is 0 Å². The van der Waals surface area contributed by atoms with E-state index in [0.29, 0.717) is 17.8 Å². The second-order valence-electron chi connectivity index (χ2n) is 7.14. The second-order valence-corrected chi connectivity index (χ2v) is 7.14. The van der Waals surface area contributed by atoms with Gasteiger partial charge in [0.25, 0.3) is 0 Å². The molecule has 2 aromatic heterocycles. The summed E-state index contributed by atoms with van der Waals surface area (Å²) in [6.07, 6.45) is 9.73. The van der Waals surface area contributed by atoms with Crippen LogP contribution in [0.2, 0.25) is 0 Å². The van der Waals surface area contributed by atoms with Crippen LogP contribution in [0.3, 0.4) is 0 Å². The molecule has 158 valence electrons.